The summed E-state index contributed by atoms with van der Waals surface area (Å²) in [5.41, 5.74) is 0. The number of rotatable bonds is 7. The molecule has 0 aliphatic heterocycles. The van der Waals surface area contributed by atoms with Crippen LogP contribution in [0.2, 0.25) is 0 Å². The van der Waals surface area contributed by atoms with Gasteiger partial charge >= 0.3 is 0 Å². The molecular formula is C13H22BrNS. The smallest absolute Gasteiger partial charge is 0.0426 e. The number of aryl methyl sites for hydroxylation is 1. The van der Waals surface area contributed by atoms with Crippen LogP contribution in [0, 0.1) is 6.92 Å². The van der Waals surface area contributed by atoms with E-state index in [9.17, 15) is 0 Å². The number of hydrogen-bond donors (Lipinski definition) is 1. The molecule has 0 fully saturated rings. The minimum Gasteiger partial charge on any atom is -0.309 e. The van der Waals surface area contributed by atoms with Crippen molar-refractivity contribution in [2.24, 2.45) is 0 Å². The van der Waals surface area contributed by atoms with E-state index in [1.54, 1.807) is 0 Å². The Labute approximate surface area is 112 Å². The summed E-state index contributed by atoms with van der Waals surface area (Å²) in [5, 5.41) is 3.66. The summed E-state index contributed by atoms with van der Waals surface area (Å²) in [6.45, 7) is 7.76. The van der Waals surface area contributed by atoms with Crippen LogP contribution in [0.15, 0.2) is 10.5 Å². The van der Waals surface area contributed by atoms with Crippen molar-refractivity contribution < 1.29 is 0 Å². The fourth-order valence-corrected chi connectivity index (χ4v) is 3.83. The predicted octanol–water partition coefficient (Wildman–Crippen LogP) is 5.05. The largest absolute Gasteiger partial charge is 0.309 e. The van der Waals surface area contributed by atoms with Gasteiger partial charge in [0.05, 0.1) is 0 Å². The van der Waals surface area contributed by atoms with Gasteiger partial charge in [-0.1, -0.05) is 26.7 Å². The Balaban J connectivity index is 2.70. The molecule has 0 bridgehead atoms. The van der Waals surface area contributed by atoms with E-state index in [0.29, 0.717) is 6.04 Å². The van der Waals surface area contributed by atoms with E-state index >= 15 is 0 Å². The van der Waals surface area contributed by atoms with E-state index in [1.807, 2.05) is 11.3 Å². The van der Waals surface area contributed by atoms with E-state index in [2.05, 4.69) is 48.1 Å². The maximum atomic E-state index is 3.67. The van der Waals surface area contributed by atoms with Crippen molar-refractivity contribution in [3.05, 3.63) is 20.3 Å². The third-order valence-corrected chi connectivity index (χ3v) is 4.72. The summed E-state index contributed by atoms with van der Waals surface area (Å²) in [4.78, 5) is 2.86. The molecular weight excluding hydrogens is 282 g/mol. The third-order valence-electron chi connectivity index (χ3n) is 2.64. The van der Waals surface area contributed by atoms with E-state index in [0.717, 1.165) is 6.54 Å². The molecule has 0 saturated heterocycles. The second kappa shape index (κ2) is 7.46. The van der Waals surface area contributed by atoms with Crippen LogP contribution in [0.4, 0.5) is 0 Å². The van der Waals surface area contributed by atoms with Gasteiger partial charge in [-0.3, -0.25) is 0 Å². The van der Waals surface area contributed by atoms with Gasteiger partial charge in [-0.05, 0) is 48.3 Å². The number of nitrogens with one attached hydrogen (secondary N) is 1. The topological polar surface area (TPSA) is 12.0 Å². The molecule has 16 heavy (non-hydrogen) atoms. The molecule has 3 heteroatoms. The van der Waals surface area contributed by atoms with Crippen molar-refractivity contribution >= 4 is 27.3 Å². The van der Waals surface area contributed by atoms with Gasteiger partial charge in [0, 0.05) is 20.3 Å². The maximum absolute atomic E-state index is 3.67. The van der Waals surface area contributed by atoms with Crippen LogP contribution in [0.25, 0.3) is 0 Å². The Bertz CT molecular complexity index is 301. The lowest BCUT2D eigenvalue weighted by molar-refractivity contribution is 0.486. The second-order valence-electron chi connectivity index (χ2n) is 4.22. The first-order valence-corrected chi connectivity index (χ1v) is 7.79. The molecule has 0 aliphatic rings. The number of unbranched alkanes of at least 4 members (excludes halogenated alkanes) is 1. The fraction of sp³-hybridized carbons (Fsp3) is 0.692. The van der Waals surface area contributed by atoms with Crippen molar-refractivity contribution in [3.63, 3.8) is 0 Å². The average Bonchev–Trinajstić information content (AvgIpc) is 2.58. The highest BCUT2D eigenvalue weighted by molar-refractivity contribution is 9.10. The summed E-state index contributed by atoms with van der Waals surface area (Å²) < 4.78 is 1.28. The molecule has 0 amide bonds. The molecule has 1 aromatic heterocycles. The molecule has 1 nitrogen and oxygen atoms in total. The van der Waals surface area contributed by atoms with Crippen LogP contribution in [0.3, 0.4) is 0 Å². The van der Waals surface area contributed by atoms with Crippen LogP contribution in [0.1, 0.15) is 55.3 Å². The molecule has 0 radical (unpaired) electrons. The van der Waals surface area contributed by atoms with Gasteiger partial charge in [0.15, 0.2) is 0 Å². The second-order valence-corrected chi connectivity index (χ2v) is 6.36. The first-order chi connectivity index (χ1) is 7.69. The maximum Gasteiger partial charge on any atom is 0.0426 e. The zero-order valence-corrected chi connectivity index (χ0v) is 12.9. The SMILES string of the molecule is CCCCC(NCCC)c1sc(C)cc1Br. The molecule has 0 aromatic carbocycles. The monoisotopic (exact) mass is 303 g/mol. The van der Waals surface area contributed by atoms with E-state index in [4.69, 9.17) is 0 Å². The zero-order valence-electron chi connectivity index (χ0n) is 10.5. The van der Waals surface area contributed by atoms with Crippen molar-refractivity contribution in [3.8, 4) is 0 Å². The van der Waals surface area contributed by atoms with Crippen LogP contribution < -0.4 is 5.32 Å². The Morgan fingerprint density at radius 3 is 2.62 bits per heavy atom. The summed E-state index contributed by atoms with van der Waals surface area (Å²) in [6.07, 6.45) is 5.01. The van der Waals surface area contributed by atoms with Crippen molar-refractivity contribution in [2.75, 3.05) is 6.54 Å². The molecule has 1 rings (SSSR count). The van der Waals surface area contributed by atoms with Crippen molar-refractivity contribution in [2.45, 2.75) is 52.5 Å². The molecule has 0 aliphatic carbocycles. The van der Waals surface area contributed by atoms with Gasteiger partial charge < -0.3 is 5.32 Å². The quantitative estimate of drug-likeness (QED) is 0.743. The van der Waals surface area contributed by atoms with Gasteiger partial charge in [0.1, 0.15) is 0 Å². The molecule has 92 valence electrons. The van der Waals surface area contributed by atoms with Crippen molar-refractivity contribution in [1.82, 2.24) is 5.32 Å². The summed E-state index contributed by atoms with van der Waals surface area (Å²) in [6, 6.07) is 2.76. The van der Waals surface area contributed by atoms with Gasteiger partial charge in [0.2, 0.25) is 0 Å². The number of thiophene rings is 1. The highest BCUT2D eigenvalue weighted by atomic mass is 79.9. The molecule has 0 spiro atoms. The Hall–Kier alpha value is 0.140. The first-order valence-electron chi connectivity index (χ1n) is 6.18. The van der Waals surface area contributed by atoms with Crippen LogP contribution in [-0.2, 0) is 0 Å². The third kappa shape index (κ3) is 4.19. The van der Waals surface area contributed by atoms with E-state index in [-0.39, 0.29) is 0 Å². The summed E-state index contributed by atoms with van der Waals surface area (Å²) in [5.74, 6) is 0. The molecule has 1 unspecified atom stereocenters. The standard InChI is InChI=1S/C13H22BrNS/c1-4-6-7-12(15-8-5-2)13-11(14)9-10(3)16-13/h9,12,15H,4-8H2,1-3H3. The van der Waals surface area contributed by atoms with Gasteiger partial charge in [-0.25, -0.2) is 0 Å². The lowest BCUT2D eigenvalue weighted by atomic mass is 10.1. The molecule has 0 saturated carbocycles. The first kappa shape index (κ1) is 14.2. The lowest BCUT2D eigenvalue weighted by Gasteiger charge is -2.17. The van der Waals surface area contributed by atoms with E-state index in [1.165, 1.54) is 39.9 Å². The Morgan fingerprint density at radius 1 is 1.38 bits per heavy atom. The lowest BCUT2D eigenvalue weighted by Crippen LogP contribution is -2.21. The Morgan fingerprint density at radius 2 is 2.12 bits per heavy atom. The van der Waals surface area contributed by atoms with Gasteiger partial charge in [0.25, 0.3) is 0 Å². The van der Waals surface area contributed by atoms with Crippen LogP contribution in [-0.4, -0.2) is 6.54 Å². The molecule has 1 atom stereocenters. The molecule has 1 heterocycles. The highest BCUT2D eigenvalue weighted by Crippen LogP contribution is 2.34. The summed E-state index contributed by atoms with van der Waals surface area (Å²) in [7, 11) is 0. The number of hydrogen-bond acceptors (Lipinski definition) is 2. The molecule has 1 aromatic rings. The average molecular weight is 304 g/mol. The normalized spacial score (nSPS) is 13.0. The van der Waals surface area contributed by atoms with E-state index < -0.39 is 0 Å². The highest BCUT2D eigenvalue weighted by Gasteiger charge is 2.15. The number of halogens is 1. The zero-order chi connectivity index (χ0) is 12.0. The summed E-state index contributed by atoms with van der Waals surface area (Å²) >= 11 is 5.59. The predicted molar refractivity (Wildman–Crippen MR) is 77.3 cm³/mol. The van der Waals surface area contributed by atoms with Gasteiger partial charge in [-0.15, -0.1) is 11.3 Å². The minimum absolute atomic E-state index is 0.535. The van der Waals surface area contributed by atoms with Crippen LogP contribution in [0.5, 0.6) is 0 Å². The minimum atomic E-state index is 0.535. The van der Waals surface area contributed by atoms with Gasteiger partial charge in [-0.2, -0.15) is 0 Å². The van der Waals surface area contributed by atoms with Crippen molar-refractivity contribution in [1.29, 1.82) is 0 Å². The molecule has 1 N–H and O–H groups in total. The Kier molecular flexibility index (Phi) is 6.62. The fourth-order valence-electron chi connectivity index (χ4n) is 1.79. The van der Waals surface area contributed by atoms with Crippen LogP contribution >= 0.6 is 27.3 Å².